The van der Waals surface area contributed by atoms with Crippen LogP contribution in [0.4, 0.5) is 0 Å². The molecule has 8 aromatic carbocycles. The number of hydrogen-bond donors (Lipinski definition) is 0. The van der Waals surface area contributed by atoms with Crippen LogP contribution in [0.15, 0.2) is 173 Å². The van der Waals surface area contributed by atoms with Crippen LogP contribution in [0.3, 0.4) is 0 Å². The van der Waals surface area contributed by atoms with Gasteiger partial charge in [-0.05, 0) is 108 Å². The van der Waals surface area contributed by atoms with Crippen LogP contribution in [0.5, 0.6) is 0 Å². The molecule has 0 atom stereocenters. The van der Waals surface area contributed by atoms with E-state index in [1.807, 2.05) is 54.6 Å². The van der Waals surface area contributed by atoms with Crippen molar-refractivity contribution in [3.8, 4) is 79.5 Å². The van der Waals surface area contributed by atoms with Crippen LogP contribution >= 0.6 is 0 Å². The van der Waals surface area contributed by atoms with Gasteiger partial charge in [-0.15, -0.1) is 0 Å². The van der Waals surface area contributed by atoms with Crippen molar-refractivity contribution in [1.29, 1.82) is 0 Å². The second-order valence-corrected chi connectivity index (χ2v) is 30.5. The fraction of sp³-hybridized carbons (Fsp3) is 0.300. The molecule has 0 N–H and O–H groups in total. The van der Waals surface area contributed by atoms with Gasteiger partial charge in [0.05, 0.1) is 16.6 Å². The van der Waals surface area contributed by atoms with Gasteiger partial charge in [-0.1, -0.05) is 252 Å². The molecule has 12 aromatic rings. The Hall–Kier alpha value is -9.08. The van der Waals surface area contributed by atoms with E-state index in [1.165, 1.54) is 22.3 Å². The molecule has 0 amide bonds. The predicted octanol–water partition coefficient (Wildman–Crippen LogP) is 19.4. The van der Waals surface area contributed by atoms with Gasteiger partial charge < -0.3 is 4.40 Å². The Balaban J connectivity index is 1.23. The van der Waals surface area contributed by atoms with Gasteiger partial charge >= 0.3 is 0 Å². The highest BCUT2D eigenvalue weighted by Gasteiger charge is 2.28. The maximum Gasteiger partial charge on any atom is 0.197 e. The zero-order valence-electron chi connectivity index (χ0n) is 55.0. The molecule has 0 radical (unpaired) electrons. The third-order valence-corrected chi connectivity index (χ3v) is 17.7. The summed E-state index contributed by atoms with van der Waals surface area (Å²) in [4.78, 5) is 64.0. The van der Waals surface area contributed by atoms with Crippen molar-refractivity contribution < 1.29 is 0 Å². The summed E-state index contributed by atoms with van der Waals surface area (Å²) in [6.45, 7) is 39.4. The molecule has 0 spiro atoms. The summed E-state index contributed by atoms with van der Waals surface area (Å²) in [7, 11) is 0. The smallest absolute Gasteiger partial charge is 0.197 e. The molecule has 448 valence electrons. The van der Waals surface area contributed by atoms with Crippen LogP contribution in [0.25, 0.3) is 118 Å². The molecule has 0 aliphatic carbocycles. The Morgan fingerprint density at radius 3 is 0.798 bits per heavy atom. The Bertz CT molecular complexity index is 4430. The lowest BCUT2D eigenvalue weighted by atomic mass is 9.85. The third kappa shape index (κ3) is 11.3. The third-order valence-electron chi connectivity index (χ3n) is 17.7. The van der Waals surface area contributed by atoms with Gasteiger partial charge in [0, 0.05) is 60.5 Å². The van der Waals surface area contributed by atoms with Gasteiger partial charge in [0.15, 0.2) is 45.8 Å². The lowest BCUT2D eigenvalue weighted by Gasteiger charge is -2.23. The fourth-order valence-corrected chi connectivity index (χ4v) is 12.0. The Morgan fingerprint density at radius 2 is 0.528 bits per heavy atom. The molecule has 0 unspecified atom stereocenters. The van der Waals surface area contributed by atoms with Gasteiger partial charge in [-0.3, -0.25) is 9.59 Å². The minimum atomic E-state index is -0.259. The lowest BCUT2D eigenvalue weighted by Crippen LogP contribution is -2.17. The molecule has 9 heteroatoms. The number of hydrogen-bond acceptors (Lipinski definition) is 8. The number of fused-ring (bicyclic) bond motifs is 4. The van der Waals surface area contributed by atoms with E-state index in [1.54, 1.807) is 0 Å². The number of rotatable bonds is 7. The van der Waals surface area contributed by atoms with E-state index in [4.69, 9.17) is 29.9 Å². The maximum atomic E-state index is 15.9. The van der Waals surface area contributed by atoms with E-state index in [2.05, 4.69) is 238 Å². The summed E-state index contributed by atoms with van der Waals surface area (Å²) < 4.78 is 2.13. The maximum absolute atomic E-state index is 15.9. The van der Waals surface area contributed by atoms with Crippen molar-refractivity contribution in [3.05, 3.63) is 218 Å². The van der Waals surface area contributed by atoms with E-state index in [-0.39, 0.29) is 43.3 Å². The normalized spacial score (nSPS) is 12.9. The van der Waals surface area contributed by atoms with Crippen LogP contribution in [-0.2, 0) is 32.5 Å². The van der Waals surface area contributed by atoms with Gasteiger partial charge in [-0.25, -0.2) is 29.9 Å². The second-order valence-electron chi connectivity index (χ2n) is 30.5. The Kier molecular flexibility index (Phi) is 14.4. The minimum Gasteiger partial charge on any atom is -0.308 e. The summed E-state index contributed by atoms with van der Waals surface area (Å²) in [5.41, 5.74) is 13.4. The molecule has 0 saturated heterocycles. The van der Waals surface area contributed by atoms with E-state index < -0.39 is 0 Å². The zero-order valence-corrected chi connectivity index (χ0v) is 55.0. The molecule has 9 nitrogen and oxygen atoms in total. The summed E-state index contributed by atoms with van der Waals surface area (Å²) in [5, 5.41) is 1.93. The molecule has 0 saturated carbocycles. The van der Waals surface area contributed by atoms with Gasteiger partial charge in [-0.2, -0.15) is 0 Å². The van der Waals surface area contributed by atoms with Crippen LogP contribution < -0.4 is 10.9 Å². The highest BCUT2D eigenvalue weighted by atomic mass is 16.1. The van der Waals surface area contributed by atoms with Crippen molar-refractivity contribution in [2.24, 2.45) is 0 Å². The van der Waals surface area contributed by atoms with E-state index >= 15 is 9.59 Å². The molecule has 4 aromatic heterocycles. The molecular formula is C80H81N7O2. The second kappa shape index (κ2) is 21.3. The first-order valence-electron chi connectivity index (χ1n) is 31.2. The van der Waals surface area contributed by atoms with Crippen molar-refractivity contribution >= 4 is 38.1 Å². The number of nitrogens with zero attached hydrogens (tertiary/aromatic N) is 7. The minimum absolute atomic E-state index is 0.0828. The van der Waals surface area contributed by atoms with Crippen molar-refractivity contribution in [3.63, 3.8) is 0 Å². The van der Waals surface area contributed by atoms with Crippen molar-refractivity contribution in [2.75, 3.05) is 0 Å². The van der Waals surface area contributed by atoms with Crippen LogP contribution in [0.1, 0.15) is 158 Å². The zero-order chi connectivity index (χ0) is 63.7. The molecule has 4 heterocycles. The Labute approximate surface area is 523 Å². The molecule has 0 aliphatic rings. The van der Waals surface area contributed by atoms with Crippen molar-refractivity contribution in [1.82, 2.24) is 34.3 Å². The van der Waals surface area contributed by atoms with Crippen LogP contribution in [-0.4, -0.2) is 34.3 Å². The fourth-order valence-electron chi connectivity index (χ4n) is 12.0. The summed E-state index contributed by atoms with van der Waals surface area (Å²) >= 11 is 0. The van der Waals surface area contributed by atoms with Gasteiger partial charge in [0.1, 0.15) is 0 Å². The summed E-state index contributed by atoms with van der Waals surface area (Å²) in [6.07, 6.45) is 0. The van der Waals surface area contributed by atoms with E-state index in [0.717, 1.165) is 44.4 Å². The molecule has 0 aliphatic heterocycles. The standard InChI is InChI=1S/C80H81N7O2/c1-75(2,3)51-30-22-46(23-31-51)69-81-70(47-24-32-52(33-25-47)76(4,5)6)84-73(83-69)57-20-19-21-58(74-85-71(48-26-34-53(35-27-48)77(7,8)9)82-72(86-74)49-28-36-54(37-29-49)78(10,11)12)65(57)50-42-61-66-62(43-50)68(89)60-45-56(80(16,17)18)39-41-64(60)87(66)63-40-38-55(79(13,14)15)44-59(63)67(61)88/h19-45H,1-18H3. The highest BCUT2D eigenvalue weighted by molar-refractivity contribution is 6.11. The lowest BCUT2D eigenvalue weighted by molar-refractivity contribution is 0.590. The van der Waals surface area contributed by atoms with E-state index in [9.17, 15) is 0 Å². The summed E-state index contributed by atoms with van der Waals surface area (Å²) in [5.74, 6) is 2.73. The largest absolute Gasteiger partial charge is 0.308 e. The predicted molar refractivity (Wildman–Crippen MR) is 371 cm³/mol. The molecule has 0 fully saturated rings. The van der Waals surface area contributed by atoms with Gasteiger partial charge in [0.2, 0.25) is 0 Å². The topological polar surface area (TPSA) is 116 Å². The number of aromatic nitrogens is 7. The number of pyridine rings is 2. The first-order valence-corrected chi connectivity index (χ1v) is 31.2. The molecular weight excluding hydrogens is 1090 g/mol. The molecule has 0 bridgehead atoms. The van der Waals surface area contributed by atoms with E-state index in [0.29, 0.717) is 84.3 Å². The van der Waals surface area contributed by atoms with Crippen LogP contribution in [0.2, 0.25) is 0 Å². The average molecular weight is 1170 g/mol. The first kappa shape index (κ1) is 60.2. The summed E-state index contributed by atoms with van der Waals surface area (Å²) in [6, 6.07) is 56.2. The van der Waals surface area contributed by atoms with Crippen molar-refractivity contribution in [2.45, 2.75) is 157 Å². The molecule has 89 heavy (non-hydrogen) atoms. The first-order chi connectivity index (χ1) is 41.7. The van der Waals surface area contributed by atoms with Gasteiger partial charge in [0.25, 0.3) is 0 Å². The monoisotopic (exact) mass is 1170 g/mol. The SMILES string of the molecule is CC(C)(C)c1ccc(-c2nc(-c3ccc(C(C)(C)C)cc3)nc(-c3cccc(-c4nc(-c5ccc(C(C)(C)C)cc5)nc(-c5ccc(C(C)(C)C)cc5)n4)c3-c3cc4c(=O)c5cc(C(C)(C)C)ccc5n5c6ccc(C(C)(C)C)cc6c(=O)c(c3)c45)n2)cc1. The quantitative estimate of drug-likeness (QED) is 0.114. The Morgan fingerprint density at radius 1 is 0.270 bits per heavy atom. The number of benzene rings is 8. The van der Waals surface area contributed by atoms with Crippen LogP contribution in [0, 0.1) is 0 Å². The average Bonchev–Trinajstić information content (AvgIpc) is 0.721. The highest BCUT2D eigenvalue weighted by Crippen LogP contribution is 2.43. The molecule has 12 rings (SSSR count).